The predicted molar refractivity (Wildman–Crippen MR) is 101 cm³/mol. The number of hydrogen-bond donors (Lipinski definition) is 0. The summed E-state index contributed by atoms with van der Waals surface area (Å²) < 4.78 is 31.2. The van der Waals surface area contributed by atoms with Crippen molar-refractivity contribution >= 4 is 5.97 Å². The summed E-state index contributed by atoms with van der Waals surface area (Å²) in [6.07, 6.45) is 17.6. The highest BCUT2D eigenvalue weighted by atomic mass is 19.3. The quantitative estimate of drug-likeness (QED) is 0.187. The highest BCUT2D eigenvalue weighted by Gasteiger charge is 2.39. The first-order valence-electron chi connectivity index (χ1n) is 10.6. The number of hydrogen-bond acceptors (Lipinski definition) is 2. The van der Waals surface area contributed by atoms with Crippen molar-refractivity contribution in [1.29, 1.82) is 0 Å². The lowest BCUT2D eigenvalue weighted by Gasteiger charge is -2.14. The highest BCUT2D eigenvalue weighted by molar-refractivity contribution is 5.77. The fraction of sp³-hybridized carbons (Fsp3) is 0.952. The van der Waals surface area contributed by atoms with Gasteiger partial charge in [0.2, 0.25) is 0 Å². The Balaban J connectivity index is 3.27. The smallest absolute Gasteiger partial charge is 0.376 e. The molecule has 0 aliphatic rings. The molecule has 0 spiro atoms. The third-order valence-corrected chi connectivity index (χ3v) is 4.67. The van der Waals surface area contributed by atoms with E-state index in [2.05, 4.69) is 11.7 Å². The topological polar surface area (TPSA) is 26.3 Å². The van der Waals surface area contributed by atoms with Crippen LogP contribution in [0.4, 0.5) is 8.78 Å². The number of esters is 1. The van der Waals surface area contributed by atoms with Crippen molar-refractivity contribution in [1.82, 2.24) is 0 Å². The zero-order valence-corrected chi connectivity index (χ0v) is 16.6. The number of ether oxygens (including phenoxy) is 1. The predicted octanol–water partition coefficient (Wildman–Crippen LogP) is 7.45. The van der Waals surface area contributed by atoms with Gasteiger partial charge in [-0.1, -0.05) is 96.8 Å². The molecule has 0 bridgehead atoms. The van der Waals surface area contributed by atoms with Crippen LogP contribution in [0.25, 0.3) is 0 Å². The first kappa shape index (κ1) is 24.3. The minimum Gasteiger partial charge on any atom is -0.462 e. The third-order valence-electron chi connectivity index (χ3n) is 4.67. The second-order valence-electron chi connectivity index (χ2n) is 7.12. The molecule has 0 aliphatic carbocycles. The molecule has 2 nitrogen and oxygen atoms in total. The Kier molecular flexibility index (Phi) is 16.3. The molecule has 0 saturated heterocycles. The number of alkyl halides is 2. The van der Waals surface area contributed by atoms with Crippen molar-refractivity contribution < 1.29 is 18.3 Å². The van der Waals surface area contributed by atoms with E-state index in [1.165, 1.54) is 70.6 Å². The summed E-state index contributed by atoms with van der Waals surface area (Å²) in [6, 6.07) is 0. The molecule has 0 fully saturated rings. The van der Waals surface area contributed by atoms with Gasteiger partial charge in [-0.2, -0.15) is 8.78 Å². The number of unbranched alkanes of at least 4 members (excludes halogenated alkanes) is 14. The number of rotatable bonds is 18. The molecule has 150 valence electrons. The van der Waals surface area contributed by atoms with Crippen LogP contribution < -0.4 is 0 Å². The molecule has 0 aromatic rings. The summed E-state index contributed by atoms with van der Waals surface area (Å²) in [7, 11) is 0. The van der Waals surface area contributed by atoms with Crippen LogP contribution in [0.3, 0.4) is 0 Å². The SMILES string of the molecule is CCCCCCCCCCCCCCCCCC(F)(F)C(=O)OCC. The zero-order chi connectivity index (χ0) is 18.8. The van der Waals surface area contributed by atoms with Gasteiger partial charge in [-0.05, 0) is 13.3 Å². The fourth-order valence-corrected chi connectivity index (χ4v) is 3.06. The molecule has 0 aliphatic heterocycles. The second kappa shape index (κ2) is 16.8. The van der Waals surface area contributed by atoms with Gasteiger partial charge in [-0.15, -0.1) is 0 Å². The molecule has 0 amide bonds. The molecule has 0 saturated carbocycles. The first-order chi connectivity index (χ1) is 12.0. The van der Waals surface area contributed by atoms with Gasteiger partial charge in [0.15, 0.2) is 0 Å². The lowest BCUT2D eigenvalue weighted by atomic mass is 10.0. The lowest BCUT2D eigenvalue weighted by molar-refractivity contribution is -0.172. The standard InChI is InChI=1S/C21H40F2O2/c1-3-5-6-7-8-9-10-11-12-13-14-15-16-17-18-19-21(22,23)20(24)25-4-2/h3-19H2,1-2H3. The molecule has 0 heterocycles. The summed E-state index contributed by atoms with van der Waals surface area (Å²) in [5.74, 6) is -4.69. The molecular weight excluding hydrogens is 322 g/mol. The summed E-state index contributed by atoms with van der Waals surface area (Å²) in [4.78, 5) is 11.1. The second-order valence-corrected chi connectivity index (χ2v) is 7.12. The van der Waals surface area contributed by atoms with Crippen LogP contribution >= 0.6 is 0 Å². The van der Waals surface area contributed by atoms with Gasteiger partial charge < -0.3 is 4.74 Å². The summed E-state index contributed by atoms with van der Waals surface area (Å²) in [5, 5.41) is 0. The van der Waals surface area contributed by atoms with Crippen LogP contribution in [-0.4, -0.2) is 18.5 Å². The van der Waals surface area contributed by atoms with E-state index in [1.54, 1.807) is 6.92 Å². The van der Waals surface area contributed by atoms with E-state index in [4.69, 9.17) is 0 Å². The van der Waals surface area contributed by atoms with Crippen molar-refractivity contribution in [2.24, 2.45) is 0 Å². The molecule has 25 heavy (non-hydrogen) atoms. The monoisotopic (exact) mass is 362 g/mol. The largest absolute Gasteiger partial charge is 0.462 e. The van der Waals surface area contributed by atoms with Crippen molar-refractivity contribution in [3.8, 4) is 0 Å². The van der Waals surface area contributed by atoms with Crippen molar-refractivity contribution in [3.63, 3.8) is 0 Å². The summed E-state index contributed by atoms with van der Waals surface area (Å²) in [5.41, 5.74) is 0. The molecular formula is C21H40F2O2. The summed E-state index contributed by atoms with van der Waals surface area (Å²) in [6.45, 7) is 3.80. The minimum absolute atomic E-state index is 0.00722. The highest BCUT2D eigenvalue weighted by Crippen LogP contribution is 2.24. The van der Waals surface area contributed by atoms with Gasteiger partial charge in [0.05, 0.1) is 6.61 Å². The number of carbonyl (C=O) groups excluding carboxylic acids is 1. The van der Waals surface area contributed by atoms with Gasteiger partial charge >= 0.3 is 11.9 Å². The average Bonchev–Trinajstić information content (AvgIpc) is 2.58. The van der Waals surface area contributed by atoms with E-state index in [9.17, 15) is 13.6 Å². The Morgan fingerprint density at radius 3 is 1.40 bits per heavy atom. The van der Waals surface area contributed by atoms with Gasteiger partial charge in [0, 0.05) is 6.42 Å². The van der Waals surface area contributed by atoms with Gasteiger partial charge in [0.25, 0.3) is 0 Å². The van der Waals surface area contributed by atoms with E-state index < -0.39 is 11.9 Å². The van der Waals surface area contributed by atoms with Gasteiger partial charge in [-0.25, -0.2) is 4.79 Å². The Hall–Kier alpha value is -0.670. The van der Waals surface area contributed by atoms with Crippen LogP contribution in [0.2, 0.25) is 0 Å². The number of halogens is 2. The van der Waals surface area contributed by atoms with Crippen molar-refractivity contribution in [2.75, 3.05) is 6.61 Å². The van der Waals surface area contributed by atoms with Crippen LogP contribution in [0, 0.1) is 0 Å². The van der Waals surface area contributed by atoms with Crippen LogP contribution in [0.1, 0.15) is 117 Å². The van der Waals surface area contributed by atoms with E-state index >= 15 is 0 Å². The van der Waals surface area contributed by atoms with E-state index in [0.29, 0.717) is 6.42 Å². The zero-order valence-electron chi connectivity index (χ0n) is 16.6. The van der Waals surface area contributed by atoms with E-state index in [-0.39, 0.29) is 13.0 Å². The summed E-state index contributed by atoms with van der Waals surface area (Å²) >= 11 is 0. The van der Waals surface area contributed by atoms with Crippen molar-refractivity contribution in [2.45, 2.75) is 123 Å². The maximum Gasteiger partial charge on any atom is 0.376 e. The average molecular weight is 363 g/mol. The maximum absolute atomic E-state index is 13.4. The lowest BCUT2D eigenvalue weighted by Crippen LogP contribution is -2.30. The first-order valence-corrected chi connectivity index (χ1v) is 10.6. The molecule has 0 N–H and O–H groups in total. The normalized spacial score (nSPS) is 11.7. The molecule has 0 unspecified atom stereocenters. The Morgan fingerprint density at radius 2 is 1.04 bits per heavy atom. The molecule has 4 heteroatoms. The van der Waals surface area contributed by atoms with E-state index in [0.717, 1.165) is 19.3 Å². The third kappa shape index (κ3) is 15.3. The Morgan fingerprint density at radius 1 is 0.680 bits per heavy atom. The van der Waals surface area contributed by atoms with Gasteiger partial charge in [0.1, 0.15) is 0 Å². The Labute approximate surface area is 154 Å². The Bertz CT molecular complexity index is 306. The number of carbonyl (C=O) groups is 1. The molecule has 0 aromatic heterocycles. The molecule has 0 radical (unpaired) electrons. The minimum atomic E-state index is -3.31. The molecule has 0 atom stereocenters. The maximum atomic E-state index is 13.4. The van der Waals surface area contributed by atoms with Crippen LogP contribution in [0.5, 0.6) is 0 Å². The van der Waals surface area contributed by atoms with Crippen molar-refractivity contribution in [3.05, 3.63) is 0 Å². The van der Waals surface area contributed by atoms with Crippen LogP contribution in [0.15, 0.2) is 0 Å². The fourth-order valence-electron chi connectivity index (χ4n) is 3.06. The molecule has 0 rings (SSSR count). The van der Waals surface area contributed by atoms with E-state index in [1.807, 2.05) is 0 Å². The van der Waals surface area contributed by atoms with Gasteiger partial charge in [-0.3, -0.25) is 0 Å². The molecule has 0 aromatic carbocycles. The van der Waals surface area contributed by atoms with Crippen LogP contribution in [-0.2, 0) is 9.53 Å².